The standard InChI is InChI=1S/C18H30N4O3/c1-13(22(5)17(23)25-18(2,3)4)10-11-20-16(19)21-14-8-7-9-15(12-14)24-6/h7-9,12-13H,10-11H2,1-6H3,(H3,19,20,21). The Hall–Kier alpha value is -2.44. The Balaban J connectivity index is 2.48. The molecule has 0 bridgehead atoms. The number of ether oxygens (including phenoxy) is 2. The minimum absolute atomic E-state index is 0.0109. The highest BCUT2D eigenvalue weighted by molar-refractivity contribution is 5.92. The lowest BCUT2D eigenvalue weighted by Gasteiger charge is -2.28. The van der Waals surface area contributed by atoms with Gasteiger partial charge in [0.1, 0.15) is 11.4 Å². The fraction of sp³-hybridized carbons (Fsp3) is 0.556. The number of guanidine groups is 1. The van der Waals surface area contributed by atoms with Gasteiger partial charge in [0.05, 0.1) is 7.11 Å². The third kappa shape index (κ3) is 7.78. The van der Waals surface area contributed by atoms with Gasteiger partial charge in [0.15, 0.2) is 5.96 Å². The average molecular weight is 350 g/mol. The second kappa shape index (κ2) is 9.15. The molecule has 0 saturated heterocycles. The molecule has 7 nitrogen and oxygen atoms in total. The Morgan fingerprint density at radius 2 is 2.08 bits per heavy atom. The van der Waals surface area contributed by atoms with Crippen molar-refractivity contribution in [1.82, 2.24) is 4.90 Å². The van der Waals surface area contributed by atoms with Crippen LogP contribution in [0.25, 0.3) is 0 Å². The quantitative estimate of drug-likeness (QED) is 0.608. The van der Waals surface area contributed by atoms with Crippen molar-refractivity contribution in [2.24, 2.45) is 10.7 Å². The number of carbonyl (C=O) groups excluding carboxylic acids is 1. The first kappa shape index (κ1) is 20.6. The summed E-state index contributed by atoms with van der Waals surface area (Å²) < 4.78 is 10.5. The fourth-order valence-corrected chi connectivity index (χ4v) is 1.97. The lowest BCUT2D eigenvalue weighted by atomic mass is 10.2. The van der Waals surface area contributed by atoms with Crippen molar-refractivity contribution in [3.63, 3.8) is 0 Å². The summed E-state index contributed by atoms with van der Waals surface area (Å²) in [5.74, 6) is 1.06. The zero-order valence-electron chi connectivity index (χ0n) is 16.0. The van der Waals surface area contributed by atoms with Crippen LogP contribution in [0.3, 0.4) is 0 Å². The number of nitrogens with one attached hydrogen (secondary N) is 1. The van der Waals surface area contributed by atoms with Crippen LogP contribution in [0.1, 0.15) is 34.1 Å². The number of aliphatic imine (C=N–C) groups is 1. The van der Waals surface area contributed by atoms with E-state index >= 15 is 0 Å². The van der Waals surface area contributed by atoms with Gasteiger partial charge < -0.3 is 25.4 Å². The van der Waals surface area contributed by atoms with Crippen molar-refractivity contribution in [3.8, 4) is 5.75 Å². The number of hydrogen-bond acceptors (Lipinski definition) is 4. The average Bonchev–Trinajstić information content (AvgIpc) is 2.52. The van der Waals surface area contributed by atoms with Gasteiger partial charge in [-0.1, -0.05) is 6.07 Å². The zero-order valence-corrected chi connectivity index (χ0v) is 16.0. The topological polar surface area (TPSA) is 89.2 Å². The van der Waals surface area contributed by atoms with E-state index in [1.54, 1.807) is 19.1 Å². The monoisotopic (exact) mass is 350 g/mol. The predicted octanol–water partition coefficient (Wildman–Crippen LogP) is 3.07. The molecule has 0 radical (unpaired) electrons. The molecule has 3 N–H and O–H groups in total. The van der Waals surface area contributed by atoms with Crippen LogP contribution in [0, 0.1) is 0 Å². The van der Waals surface area contributed by atoms with Crippen LogP contribution in [0.15, 0.2) is 29.3 Å². The molecule has 1 amide bonds. The maximum atomic E-state index is 12.0. The van der Waals surface area contributed by atoms with Gasteiger partial charge in [-0.05, 0) is 46.2 Å². The van der Waals surface area contributed by atoms with E-state index in [2.05, 4.69) is 10.3 Å². The van der Waals surface area contributed by atoms with E-state index in [1.807, 2.05) is 52.0 Å². The maximum absolute atomic E-state index is 12.0. The second-order valence-electron chi connectivity index (χ2n) is 6.85. The van der Waals surface area contributed by atoms with Gasteiger partial charge >= 0.3 is 6.09 Å². The third-order valence-corrected chi connectivity index (χ3v) is 3.51. The van der Waals surface area contributed by atoms with E-state index in [0.717, 1.165) is 11.4 Å². The minimum atomic E-state index is -0.506. The summed E-state index contributed by atoms with van der Waals surface area (Å²) in [5, 5.41) is 3.02. The molecule has 0 aliphatic heterocycles. The number of nitrogens with zero attached hydrogens (tertiary/aromatic N) is 2. The lowest BCUT2D eigenvalue weighted by molar-refractivity contribution is 0.0231. The van der Waals surface area contributed by atoms with Gasteiger partial charge in [0.25, 0.3) is 0 Å². The van der Waals surface area contributed by atoms with Gasteiger partial charge in [0, 0.05) is 31.4 Å². The molecule has 0 aliphatic rings. The summed E-state index contributed by atoms with van der Waals surface area (Å²) in [7, 11) is 3.33. The summed E-state index contributed by atoms with van der Waals surface area (Å²) in [5.41, 5.74) is 6.19. The summed E-state index contributed by atoms with van der Waals surface area (Å²) >= 11 is 0. The number of amides is 1. The lowest BCUT2D eigenvalue weighted by Crippen LogP contribution is -2.39. The van der Waals surface area contributed by atoms with Crippen LogP contribution in [-0.2, 0) is 4.74 Å². The molecule has 1 aromatic rings. The molecular formula is C18H30N4O3. The number of carbonyl (C=O) groups is 1. The first-order chi connectivity index (χ1) is 11.6. The van der Waals surface area contributed by atoms with Crippen LogP contribution in [-0.4, -0.2) is 49.3 Å². The van der Waals surface area contributed by atoms with Crippen LogP contribution in [0.4, 0.5) is 10.5 Å². The molecule has 1 rings (SSSR count). The van der Waals surface area contributed by atoms with Crippen molar-refractivity contribution in [3.05, 3.63) is 24.3 Å². The Morgan fingerprint density at radius 3 is 2.68 bits per heavy atom. The highest BCUT2D eigenvalue weighted by atomic mass is 16.6. The predicted molar refractivity (Wildman–Crippen MR) is 101 cm³/mol. The number of methoxy groups -OCH3 is 1. The van der Waals surface area contributed by atoms with Crippen LogP contribution < -0.4 is 15.8 Å². The summed E-state index contributed by atoms with van der Waals surface area (Å²) in [6.45, 7) is 7.98. The number of rotatable bonds is 6. The zero-order chi connectivity index (χ0) is 19.0. The molecule has 1 atom stereocenters. The Labute approximate surface area is 150 Å². The Morgan fingerprint density at radius 1 is 1.40 bits per heavy atom. The van der Waals surface area contributed by atoms with Crippen molar-refractivity contribution in [2.75, 3.05) is 26.0 Å². The first-order valence-electron chi connectivity index (χ1n) is 8.29. The normalized spacial score (nSPS) is 13.1. The van der Waals surface area contributed by atoms with Gasteiger partial charge in [-0.25, -0.2) is 4.79 Å². The number of hydrogen-bond donors (Lipinski definition) is 2. The van der Waals surface area contributed by atoms with Crippen molar-refractivity contribution >= 4 is 17.7 Å². The van der Waals surface area contributed by atoms with E-state index in [4.69, 9.17) is 15.2 Å². The highest BCUT2D eigenvalue weighted by Gasteiger charge is 2.22. The molecule has 140 valence electrons. The summed E-state index contributed by atoms with van der Waals surface area (Å²) in [6.07, 6.45) is 0.336. The fourth-order valence-electron chi connectivity index (χ4n) is 1.97. The Kier molecular flexibility index (Phi) is 7.54. The van der Waals surface area contributed by atoms with Crippen molar-refractivity contribution < 1.29 is 14.3 Å². The molecule has 25 heavy (non-hydrogen) atoms. The molecule has 0 fully saturated rings. The largest absolute Gasteiger partial charge is 0.497 e. The van der Waals surface area contributed by atoms with E-state index < -0.39 is 5.60 Å². The molecule has 0 heterocycles. The second-order valence-corrected chi connectivity index (χ2v) is 6.85. The van der Waals surface area contributed by atoms with Crippen LogP contribution >= 0.6 is 0 Å². The highest BCUT2D eigenvalue weighted by Crippen LogP contribution is 2.16. The van der Waals surface area contributed by atoms with Gasteiger partial charge in [0.2, 0.25) is 0 Å². The third-order valence-electron chi connectivity index (χ3n) is 3.51. The van der Waals surface area contributed by atoms with Crippen molar-refractivity contribution in [2.45, 2.75) is 45.8 Å². The summed E-state index contributed by atoms with van der Waals surface area (Å²) in [4.78, 5) is 17.9. The van der Waals surface area contributed by atoms with E-state index in [0.29, 0.717) is 18.9 Å². The SMILES string of the molecule is COc1cccc(NC(N)=NCCC(C)N(C)C(=O)OC(C)(C)C)c1. The van der Waals surface area contributed by atoms with Crippen LogP contribution in [0.5, 0.6) is 5.75 Å². The van der Waals surface area contributed by atoms with E-state index in [-0.39, 0.29) is 12.1 Å². The molecule has 0 aromatic heterocycles. The minimum Gasteiger partial charge on any atom is -0.497 e. The maximum Gasteiger partial charge on any atom is 0.410 e. The number of anilines is 1. The van der Waals surface area contributed by atoms with E-state index in [9.17, 15) is 4.79 Å². The van der Waals surface area contributed by atoms with Crippen molar-refractivity contribution in [1.29, 1.82) is 0 Å². The van der Waals surface area contributed by atoms with Gasteiger partial charge in [-0.2, -0.15) is 0 Å². The van der Waals surface area contributed by atoms with Gasteiger partial charge in [-0.15, -0.1) is 0 Å². The Bertz CT molecular complexity index is 596. The molecule has 1 aromatic carbocycles. The molecular weight excluding hydrogens is 320 g/mol. The van der Waals surface area contributed by atoms with E-state index in [1.165, 1.54) is 0 Å². The molecule has 7 heteroatoms. The molecule has 0 spiro atoms. The molecule has 1 unspecified atom stereocenters. The first-order valence-corrected chi connectivity index (χ1v) is 8.29. The summed E-state index contributed by atoms with van der Waals surface area (Å²) in [6, 6.07) is 7.42. The smallest absolute Gasteiger partial charge is 0.410 e. The molecule has 0 saturated carbocycles. The number of nitrogens with two attached hydrogens (primary N) is 1. The van der Waals surface area contributed by atoms with Gasteiger partial charge in [-0.3, -0.25) is 4.99 Å². The van der Waals surface area contributed by atoms with Crippen LogP contribution in [0.2, 0.25) is 0 Å². The molecule has 0 aliphatic carbocycles. The number of benzene rings is 1.